The van der Waals surface area contributed by atoms with Gasteiger partial charge >= 0.3 is 0 Å². The number of hydrogen-bond donors (Lipinski definition) is 1. The Kier molecular flexibility index (Phi) is 2.59. The maximum atomic E-state index is 12.6. The molecule has 0 saturated heterocycles. The van der Waals surface area contributed by atoms with Gasteiger partial charge in [0.1, 0.15) is 0 Å². The Labute approximate surface area is 168 Å². The normalized spacial score (nSPS) is 14.3. The van der Waals surface area contributed by atoms with E-state index in [1.54, 1.807) is 0 Å². The van der Waals surface area contributed by atoms with E-state index in [0.717, 1.165) is 48.5 Å². The molecule has 0 aliphatic heterocycles. The van der Waals surface area contributed by atoms with Gasteiger partial charge < -0.3 is 4.98 Å². The van der Waals surface area contributed by atoms with Crippen molar-refractivity contribution in [3.05, 3.63) is 75.4 Å². The van der Waals surface area contributed by atoms with Crippen LogP contribution in [0.1, 0.15) is 27.1 Å². The SMILES string of the molecule is C=c1[nH]c(=O)c2ccc3c4ccc5c6c(ccc(c7ccc1c2c73)c64)C(=O)CC5=O. The van der Waals surface area contributed by atoms with Gasteiger partial charge in [-0.15, -0.1) is 0 Å². The molecule has 4 nitrogen and oxygen atoms in total. The van der Waals surface area contributed by atoms with Crippen LogP contribution in [-0.2, 0) is 0 Å². The van der Waals surface area contributed by atoms with Crippen molar-refractivity contribution in [1.82, 2.24) is 4.98 Å². The van der Waals surface area contributed by atoms with Crippen LogP contribution in [0.15, 0.2) is 53.3 Å². The first kappa shape index (κ1) is 15.8. The molecule has 0 unspecified atom stereocenters. The van der Waals surface area contributed by atoms with E-state index in [-0.39, 0.29) is 23.5 Å². The molecule has 4 heteroatoms. The number of hydrogen-bond acceptors (Lipinski definition) is 3. The largest absolute Gasteiger partial charge is 0.322 e. The molecule has 0 bridgehead atoms. The lowest BCUT2D eigenvalue weighted by Gasteiger charge is -2.21. The highest BCUT2D eigenvalue weighted by Crippen LogP contribution is 2.44. The average molecular weight is 387 g/mol. The van der Waals surface area contributed by atoms with Crippen LogP contribution < -0.4 is 10.9 Å². The highest BCUT2D eigenvalue weighted by Gasteiger charge is 2.28. The fourth-order valence-corrected chi connectivity index (χ4v) is 5.40. The van der Waals surface area contributed by atoms with Crippen LogP contribution in [0.2, 0.25) is 0 Å². The van der Waals surface area contributed by atoms with Gasteiger partial charge in [0.2, 0.25) is 0 Å². The predicted octanol–water partition coefficient (Wildman–Crippen LogP) is 4.48. The Bertz CT molecular complexity index is 1760. The summed E-state index contributed by atoms with van der Waals surface area (Å²) in [5.41, 5.74) is 1.09. The quantitative estimate of drug-likeness (QED) is 0.237. The number of pyridine rings is 1. The molecule has 6 aromatic rings. The number of ketones is 2. The number of benzene rings is 5. The number of aromatic amines is 1. The average Bonchev–Trinajstić information content (AvgIpc) is 2.74. The van der Waals surface area contributed by atoms with Gasteiger partial charge in [0.25, 0.3) is 5.56 Å². The van der Waals surface area contributed by atoms with Crippen LogP contribution in [0.5, 0.6) is 0 Å². The molecule has 5 aromatic carbocycles. The van der Waals surface area contributed by atoms with E-state index in [2.05, 4.69) is 11.6 Å². The van der Waals surface area contributed by atoms with Crippen molar-refractivity contribution in [3.8, 4) is 0 Å². The molecular formula is C26H13NO3. The second-order valence-corrected chi connectivity index (χ2v) is 8.10. The van der Waals surface area contributed by atoms with Crippen LogP contribution in [0, 0.1) is 0 Å². The van der Waals surface area contributed by atoms with E-state index < -0.39 is 0 Å². The van der Waals surface area contributed by atoms with Crippen LogP contribution >= 0.6 is 0 Å². The van der Waals surface area contributed by atoms with Gasteiger partial charge in [0, 0.05) is 38.0 Å². The highest BCUT2D eigenvalue weighted by molar-refractivity contribution is 6.40. The molecule has 1 N–H and O–H groups in total. The van der Waals surface area contributed by atoms with Gasteiger partial charge in [0.05, 0.1) is 6.42 Å². The van der Waals surface area contributed by atoms with Gasteiger partial charge in [-0.3, -0.25) is 14.4 Å². The minimum Gasteiger partial charge on any atom is -0.322 e. The van der Waals surface area contributed by atoms with Crippen molar-refractivity contribution < 1.29 is 9.59 Å². The standard InChI is InChI=1S/C26H13NO3/c1-11-12-2-3-13-14-4-7-17-20(28)10-21(29)18-8-5-15(24(14)25(17)18)16-6-9-19(26(30)27-11)22(12)23(13)16/h2-9H,1,10H2,(H,27,30). The van der Waals surface area contributed by atoms with E-state index in [1.165, 1.54) is 0 Å². The van der Waals surface area contributed by atoms with E-state index in [4.69, 9.17) is 0 Å². The zero-order valence-corrected chi connectivity index (χ0v) is 15.8. The molecule has 1 aromatic heterocycles. The van der Waals surface area contributed by atoms with Crippen molar-refractivity contribution in [1.29, 1.82) is 0 Å². The number of aromatic nitrogens is 1. The van der Waals surface area contributed by atoms with Crippen LogP contribution in [0.4, 0.5) is 0 Å². The molecule has 0 amide bonds. The first-order valence-corrected chi connectivity index (χ1v) is 9.82. The van der Waals surface area contributed by atoms with E-state index in [9.17, 15) is 14.4 Å². The molecule has 1 aliphatic carbocycles. The van der Waals surface area contributed by atoms with E-state index in [1.807, 2.05) is 48.5 Å². The van der Waals surface area contributed by atoms with Crippen molar-refractivity contribution in [2.45, 2.75) is 6.42 Å². The summed E-state index contributed by atoms with van der Waals surface area (Å²) in [5, 5.41) is 9.78. The fraction of sp³-hybridized carbons (Fsp3) is 0.0385. The Morgan fingerprint density at radius 2 is 1.00 bits per heavy atom. The number of carbonyl (C=O) groups is 2. The molecule has 7 rings (SSSR count). The summed E-state index contributed by atoms with van der Waals surface area (Å²) in [7, 11) is 0. The summed E-state index contributed by atoms with van der Waals surface area (Å²) < 4.78 is 0. The number of Topliss-reactive ketones (excluding diaryl/α,β-unsaturated/α-hetero) is 2. The molecule has 0 atom stereocenters. The molecule has 1 heterocycles. The topological polar surface area (TPSA) is 67.0 Å². The first-order chi connectivity index (χ1) is 14.5. The summed E-state index contributed by atoms with van der Waals surface area (Å²) in [6.45, 7) is 4.03. The maximum Gasteiger partial charge on any atom is 0.256 e. The monoisotopic (exact) mass is 387 g/mol. The summed E-state index contributed by atoms with van der Waals surface area (Å²) in [6, 6.07) is 15.5. The number of carbonyl (C=O) groups excluding carboxylic acids is 2. The van der Waals surface area contributed by atoms with Crippen molar-refractivity contribution in [3.63, 3.8) is 0 Å². The van der Waals surface area contributed by atoms with Gasteiger partial charge in [-0.25, -0.2) is 0 Å². The summed E-state index contributed by atoms with van der Waals surface area (Å²) >= 11 is 0. The third kappa shape index (κ3) is 1.63. The number of fused-ring (bicyclic) bond motifs is 2. The zero-order valence-electron chi connectivity index (χ0n) is 15.8. The van der Waals surface area contributed by atoms with E-state index >= 15 is 0 Å². The Morgan fingerprint density at radius 3 is 1.60 bits per heavy atom. The maximum absolute atomic E-state index is 12.6. The van der Waals surface area contributed by atoms with Crippen molar-refractivity contribution >= 4 is 72.0 Å². The van der Waals surface area contributed by atoms with Gasteiger partial charge in [-0.2, -0.15) is 0 Å². The molecular weight excluding hydrogens is 374 g/mol. The minimum absolute atomic E-state index is 0.0725. The second-order valence-electron chi connectivity index (χ2n) is 8.10. The highest BCUT2D eigenvalue weighted by atomic mass is 16.1. The third-order valence-corrected chi connectivity index (χ3v) is 6.66. The van der Waals surface area contributed by atoms with Crippen LogP contribution in [0.3, 0.4) is 0 Å². The molecule has 140 valence electrons. The minimum atomic E-state index is -0.150. The molecule has 30 heavy (non-hydrogen) atoms. The van der Waals surface area contributed by atoms with Crippen molar-refractivity contribution in [2.75, 3.05) is 0 Å². The van der Waals surface area contributed by atoms with E-state index in [0.29, 0.717) is 21.9 Å². The summed E-state index contributed by atoms with van der Waals surface area (Å²) in [6.07, 6.45) is -0.0725. The second kappa shape index (κ2) is 4.92. The molecule has 1 aliphatic rings. The number of nitrogens with one attached hydrogen (secondary N) is 1. The summed E-state index contributed by atoms with van der Waals surface area (Å²) in [4.78, 5) is 40.6. The predicted molar refractivity (Wildman–Crippen MR) is 120 cm³/mol. The van der Waals surface area contributed by atoms with Gasteiger partial charge in [0.15, 0.2) is 11.6 Å². The van der Waals surface area contributed by atoms with Crippen LogP contribution in [-0.4, -0.2) is 16.6 Å². The number of H-pyrrole nitrogens is 1. The van der Waals surface area contributed by atoms with Crippen LogP contribution in [0.25, 0.3) is 60.4 Å². The Balaban J connectivity index is 1.88. The Morgan fingerprint density at radius 1 is 0.567 bits per heavy atom. The zero-order chi connectivity index (χ0) is 20.3. The van der Waals surface area contributed by atoms with Crippen molar-refractivity contribution in [2.24, 2.45) is 0 Å². The molecule has 0 spiro atoms. The molecule has 0 radical (unpaired) electrons. The van der Waals surface area contributed by atoms with Gasteiger partial charge in [-0.1, -0.05) is 49.0 Å². The molecule has 0 saturated carbocycles. The lowest BCUT2D eigenvalue weighted by molar-refractivity contribution is 0.0890. The lowest BCUT2D eigenvalue weighted by Crippen LogP contribution is -2.19. The first-order valence-electron chi connectivity index (χ1n) is 9.82. The number of rotatable bonds is 0. The third-order valence-electron chi connectivity index (χ3n) is 6.66. The smallest absolute Gasteiger partial charge is 0.256 e. The lowest BCUT2D eigenvalue weighted by atomic mass is 9.81. The summed E-state index contributed by atoms with van der Waals surface area (Å²) in [5.74, 6) is -0.250. The van der Waals surface area contributed by atoms with Gasteiger partial charge in [-0.05, 0) is 38.4 Å². The fourth-order valence-electron chi connectivity index (χ4n) is 5.40. The Hall–Kier alpha value is -4.05. The molecule has 0 fully saturated rings.